The van der Waals surface area contributed by atoms with Gasteiger partial charge in [-0.05, 0) is 35.2 Å². The Morgan fingerprint density at radius 1 is 1.00 bits per heavy atom. The lowest BCUT2D eigenvalue weighted by molar-refractivity contribution is 1.65. The van der Waals surface area contributed by atoms with E-state index in [4.69, 9.17) is 5.73 Å². The molecular weight excluding hydrogens is 190 g/mol. The van der Waals surface area contributed by atoms with Crippen LogP contribution in [0.2, 0.25) is 0 Å². The highest BCUT2D eigenvalue weighted by Gasteiger charge is 1.88. The van der Waals surface area contributed by atoms with Crippen LogP contribution in [0.15, 0.2) is 41.8 Å². The summed E-state index contributed by atoms with van der Waals surface area (Å²) in [7, 11) is 0. The molecule has 0 aliphatic rings. The van der Waals surface area contributed by atoms with E-state index in [1.54, 1.807) is 11.3 Å². The smallest absolute Gasteiger partial charge is 0.0314 e. The van der Waals surface area contributed by atoms with E-state index in [2.05, 4.69) is 23.6 Å². The molecule has 0 aliphatic heterocycles. The van der Waals surface area contributed by atoms with Crippen molar-refractivity contribution in [1.82, 2.24) is 0 Å². The van der Waals surface area contributed by atoms with Crippen LogP contribution in [0.5, 0.6) is 0 Å². The highest BCUT2D eigenvalue weighted by atomic mass is 32.1. The van der Waals surface area contributed by atoms with Crippen molar-refractivity contribution in [3.63, 3.8) is 0 Å². The summed E-state index contributed by atoms with van der Waals surface area (Å²) >= 11 is 1.73. The molecular formula is C12H11NS. The van der Waals surface area contributed by atoms with Gasteiger partial charge in [-0.3, -0.25) is 0 Å². The molecule has 0 amide bonds. The van der Waals surface area contributed by atoms with Gasteiger partial charge >= 0.3 is 0 Å². The summed E-state index contributed by atoms with van der Waals surface area (Å²) in [5.41, 5.74) is 7.57. The van der Waals surface area contributed by atoms with Crippen LogP contribution in [0.4, 0.5) is 5.69 Å². The molecule has 0 radical (unpaired) electrons. The summed E-state index contributed by atoms with van der Waals surface area (Å²) < 4.78 is 0. The van der Waals surface area contributed by atoms with Gasteiger partial charge in [0.1, 0.15) is 0 Å². The minimum atomic E-state index is 0.804. The Morgan fingerprint density at radius 3 is 2.43 bits per heavy atom. The standard InChI is InChI=1S/C12H11NS/c13-11-6-3-10(4-7-11)5-8-12-2-1-9-14-12/h1-9H,13H2/b8-5+. The van der Waals surface area contributed by atoms with E-state index < -0.39 is 0 Å². The molecule has 2 N–H and O–H groups in total. The van der Waals surface area contributed by atoms with Gasteiger partial charge in [-0.15, -0.1) is 11.3 Å². The molecule has 0 saturated heterocycles. The van der Waals surface area contributed by atoms with Crippen molar-refractivity contribution in [1.29, 1.82) is 0 Å². The molecule has 2 aromatic rings. The van der Waals surface area contributed by atoms with E-state index in [0.29, 0.717) is 0 Å². The third-order valence-electron chi connectivity index (χ3n) is 1.92. The van der Waals surface area contributed by atoms with E-state index in [1.165, 1.54) is 10.4 Å². The van der Waals surface area contributed by atoms with Gasteiger partial charge < -0.3 is 5.73 Å². The number of thiophene rings is 1. The summed E-state index contributed by atoms with van der Waals surface area (Å²) in [6.45, 7) is 0. The normalized spacial score (nSPS) is 10.9. The number of anilines is 1. The maximum atomic E-state index is 5.60. The minimum Gasteiger partial charge on any atom is -0.399 e. The summed E-state index contributed by atoms with van der Waals surface area (Å²) in [5.74, 6) is 0. The number of hydrogen-bond acceptors (Lipinski definition) is 2. The van der Waals surface area contributed by atoms with Crippen molar-refractivity contribution in [2.45, 2.75) is 0 Å². The monoisotopic (exact) mass is 201 g/mol. The van der Waals surface area contributed by atoms with Crippen molar-refractivity contribution in [2.24, 2.45) is 0 Å². The zero-order valence-electron chi connectivity index (χ0n) is 7.68. The average Bonchev–Trinajstić information content (AvgIpc) is 2.70. The zero-order valence-corrected chi connectivity index (χ0v) is 8.50. The van der Waals surface area contributed by atoms with Crippen LogP contribution in [-0.2, 0) is 0 Å². The lowest BCUT2D eigenvalue weighted by Crippen LogP contribution is -1.82. The molecule has 0 bridgehead atoms. The predicted octanol–water partition coefficient (Wildman–Crippen LogP) is 3.50. The quantitative estimate of drug-likeness (QED) is 0.739. The minimum absolute atomic E-state index is 0.804. The third kappa shape index (κ3) is 2.24. The van der Waals surface area contributed by atoms with Gasteiger partial charge in [-0.2, -0.15) is 0 Å². The second kappa shape index (κ2) is 4.11. The molecule has 14 heavy (non-hydrogen) atoms. The highest BCUT2D eigenvalue weighted by molar-refractivity contribution is 7.10. The van der Waals surface area contributed by atoms with Crippen molar-refractivity contribution in [2.75, 3.05) is 5.73 Å². The van der Waals surface area contributed by atoms with Crippen molar-refractivity contribution < 1.29 is 0 Å². The first-order valence-corrected chi connectivity index (χ1v) is 5.30. The Kier molecular flexibility index (Phi) is 2.65. The van der Waals surface area contributed by atoms with Crippen LogP contribution in [0.1, 0.15) is 10.4 Å². The summed E-state index contributed by atoms with van der Waals surface area (Å²) in [5, 5.41) is 2.07. The Labute approximate surface area is 87.5 Å². The zero-order chi connectivity index (χ0) is 9.80. The van der Waals surface area contributed by atoms with Crippen LogP contribution in [0, 0.1) is 0 Å². The lowest BCUT2D eigenvalue weighted by Gasteiger charge is -1.93. The fourth-order valence-corrected chi connectivity index (χ4v) is 1.79. The van der Waals surface area contributed by atoms with E-state index in [-0.39, 0.29) is 0 Å². The Hall–Kier alpha value is -1.54. The maximum absolute atomic E-state index is 5.60. The van der Waals surface area contributed by atoms with Gasteiger partial charge in [-0.25, -0.2) is 0 Å². The van der Waals surface area contributed by atoms with Gasteiger partial charge in [-0.1, -0.05) is 24.3 Å². The van der Waals surface area contributed by atoms with E-state index in [9.17, 15) is 0 Å². The average molecular weight is 201 g/mol. The van der Waals surface area contributed by atoms with Gasteiger partial charge in [0, 0.05) is 10.6 Å². The third-order valence-corrected chi connectivity index (χ3v) is 2.76. The van der Waals surface area contributed by atoms with Gasteiger partial charge in [0.2, 0.25) is 0 Å². The second-order valence-corrected chi connectivity index (χ2v) is 3.99. The first kappa shape index (κ1) is 9.03. The van der Waals surface area contributed by atoms with E-state index in [1.807, 2.05) is 30.3 Å². The molecule has 0 fully saturated rings. The highest BCUT2D eigenvalue weighted by Crippen LogP contribution is 2.14. The van der Waals surface area contributed by atoms with E-state index >= 15 is 0 Å². The van der Waals surface area contributed by atoms with Gasteiger partial charge in [0.25, 0.3) is 0 Å². The largest absolute Gasteiger partial charge is 0.399 e. The van der Waals surface area contributed by atoms with Crippen molar-refractivity contribution in [3.8, 4) is 0 Å². The Bertz CT molecular complexity index is 412. The molecule has 1 heterocycles. The molecule has 0 atom stereocenters. The Balaban J connectivity index is 2.15. The summed E-state index contributed by atoms with van der Waals surface area (Å²) in [6.07, 6.45) is 4.20. The van der Waals surface area contributed by atoms with Crippen LogP contribution >= 0.6 is 11.3 Å². The van der Waals surface area contributed by atoms with Crippen LogP contribution in [0.25, 0.3) is 12.2 Å². The van der Waals surface area contributed by atoms with E-state index in [0.717, 1.165) is 5.69 Å². The number of nitrogen functional groups attached to an aromatic ring is 1. The molecule has 0 aliphatic carbocycles. The first-order chi connectivity index (χ1) is 6.84. The van der Waals surface area contributed by atoms with Crippen LogP contribution in [-0.4, -0.2) is 0 Å². The maximum Gasteiger partial charge on any atom is 0.0314 e. The molecule has 1 nitrogen and oxygen atoms in total. The fourth-order valence-electron chi connectivity index (χ4n) is 1.17. The number of rotatable bonds is 2. The SMILES string of the molecule is Nc1ccc(/C=C/c2cccs2)cc1. The number of nitrogens with two attached hydrogens (primary N) is 1. The topological polar surface area (TPSA) is 26.0 Å². The molecule has 0 saturated carbocycles. The van der Waals surface area contributed by atoms with Crippen molar-refractivity contribution in [3.05, 3.63) is 52.2 Å². The fraction of sp³-hybridized carbons (Fsp3) is 0. The molecule has 1 aromatic heterocycles. The second-order valence-electron chi connectivity index (χ2n) is 3.02. The van der Waals surface area contributed by atoms with Crippen LogP contribution < -0.4 is 5.73 Å². The van der Waals surface area contributed by atoms with Gasteiger partial charge in [0.05, 0.1) is 0 Å². The number of benzene rings is 1. The lowest BCUT2D eigenvalue weighted by atomic mass is 10.2. The molecule has 2 rings (SSSR count). The van der Waals surface area contributed by atoms with Gasteiger partial charge in [0.15, 0.2) is 0 Å². The summed E-state index contributed by atoms with van der Waals surface area (Å²) in [6, 6.07) is 12.0. The molecule has 0 spiro atoms. The first-order valence-electron chi connectivity index (χ1n) is 4.42. The molecule has 70 valence electrons. The Morgan fingerprint density at radius 2 is 1.79 bits per heavy atom. The molecule has 0 unspecified atom stereocenters. The molecule has 1 aromatic carbocycles. The van der Waals surface area contributed by atoms with Crippen LogP contribution in [0.3, 0.4) is 0 Å². The molecule has 2 heteroatoms. The predicted molar refractivity (Wildman–Crippen MR) is 64.1 cm³/mol. The summed E-state index contributed by atoms with van der Waals surface area (Å²) in [4.78, 5) is 1.27. The van der Waals surface area contributed by atoms with Crippen molar-refractivity contribution >= 4 is 29.2 Å². The number of hydrogen-bond donors (Lipinski definition) is 1.